The van der Waals surface area contributed by atoms with E-state index in [0.29, 0.717) is 6.54 Å². The van der Waals surface area contributed by atoms with Gasteiger partial charge in [-0.05, 0) is 37.5 Å². The lowest BCUT2D eigenvalue weighted by Crippen LogP contribution is -2.08. The van der Waals surface area contributed by atoms with Gasteiger partial charge in [0.25, 0.3) is 0 Å². The van der Waals surface area contributed by atoms with Gasteiger partial charge in [-0.2, -0.15) is 5.10 Å². The van der Waals surface area contributed by atoms with Crippen molar-refractivity contribution in [3.05, 3.63) is 52.3 Å². The molecule has 0 atom stereocenters. The van der Waals surface area contributed by atoms with E-state index < -0.39 is 5.97 Å². The Kier molecular flexibility index (Phi) is 3.69. The van der Waals surface area contributed by atoms with Crippen molar-refractivity contribution < 1.29 is 9.90 Å². The second kappa shape index (κ2) is 5.26. The molecule has 0 unspecified atom stereocenters. The molecule has 100 valence electrons. The third kappa shape index (κ3) is 2.84. The van der Waals surface area contributed by atoms with E-state index in [4.69, 9.17) is 5.11 Å². The van der Waals surface area contributed by atoms with Crippen molar-refractivity contribution in [2.24, 2.45) is 0 Å². The highest BCUT2D eigenvalue weighted by atomic mass is 16.4. The minimum Gasteiger partial charge on any atom is -0.476 e. The first kappa shape index (κ1) is 13.3. The molecule has 4 heteroatoms. The van der Waals surface area contributed by atoms with Gasteiger partial charge in [0.2, 0.25) is 0 Å². The molecule has 2 aromatic rings. The molecule has 1 aromatic carbocycles. The first-order valence-corrected chi connectivity index (χ1v) is 6.37. The molecule has 0 bridgehead atoms. The maximum absolute atomic E-state index is 11.0. The summed E-state index contributed by atoms with van der Waals surface area (Å²) in [4.78, 5) is 11.0. The molecule has 0 spiro atoms. The Morgan fingerprint density at radius 1 is 1.32 bits per heavy atom. The molecule has 1 heterocycles. The number of rotatable bonds is 4. The summed E-state index contributed by atoms with van der Waals surface area (Å²) in [5.41, 5.74) is 4.62. The fraction of sp³-hybridized carbons (Fsp3) is 0.333. The lowest BCUT2D eigenvalue weighted by atomic mass is 10.1. The number of carbonyl (C=O) groups is 1. The number of aromatic nitrogens is 2. The highest BCUT2D eigenvalue weighted by molar-refractivity contribution is 5.85. The molecule has 0 radical (unpaired) electrons. The maximum Gasteiger partial charge on any atom is 0.356 e. The molecule has 19 heavy (non-hydrogen) atoms. The van der Waals surface area contributed by atoms with Gasteiger partial charge >= 0.3 is 5.97 Å². The average molecular weight is 258 g/mol. The summed E-state index contributed by atoms with van der Waals surface area (Å²) >= 11 is 0. The normalized spacial score (nSPS) is 10.7. The molecular formula is C15H18N2O2. The number of aryl methyl sites for hydroxylation is 3. The second-order valence-corrected chi connectivity index (χ2v) is 4.77. The van der Waals surface area contributed by atoms with E-state index in [2.05, 4.69) is 37.1 Å². The van der Waals surface area contributed by atoms with Gasteiger partial charge in [0.05, 0.1) is 6.54 Å². The third-order valence-electron chi connectivity index (χ3n) is 3.27. The van der Waals surface area contributed by atoms with Gasteiger partial charge in [-0.1, -0.05) is 30.7 Å². The van der Waals surface area contributed by atoms with Gasteiger partial charge in [0.1, 0.15) is 0 Å². The quantitative estimate of drug-likeness (QED) is 0.917. The highest BCUT2D eigenvalue weighted by Gasteiger charge is 2.12. The van der Waals surface area contributed by atoms with E-state index in [1.807, 2.05) is 6.92 Å². The zero-order chi connectivity index (χ0) is 14.0. The molecule has 1 aromatic heterocycles. The molecule has 0 amide bonds. The molecule has 0 fully saturated rings. The van der Waals surface area contributed by atoms with Crippen LogP contribution in [0.4, 0.5) is 0 Å². The summed E-state index contributed by atoms with van der Waals surface area (Å²) in [6.45, 7) is 6.73. The van der Waals surface area contributed by atoms with Crippen LogP contribution >= 0.6 is 0 Å². The SMILES string of the molecule is CCc1cc(C(=O)O)nn1Cc1cc(C)ccc1C. The fourth-order valence-corrected chi connectivity index (χ4v) is 2.11. The van der Waals surface area contributed by atoms with Gasteiger partial charge < -0.3 is 5.11 Å². The van der Waals surface area contributed by atoms with Gasteiger partial charge in [0.15, 0.2) is 5.69 Å². The lowest BCUT2D eigenvalue weighted by Gasteiger charge is -2.09. The molecular weight excluding hydrogens is 240 g/mol. The Bertz CT molecular complexity index is 615. The molecule has 0 aliphatic heterocycles. The van der Waals surface area contributed by atoms with Crippen molar-refractivity contribution in [1.29, 1.82) is 0 Å². The van der Waals surface area contributed by atoms with Gasteiger partial charge in [-0.15, -0.1) is 0 Å². The first-order valence-electron chi connectivity index (χ1n) is 6.37. The number of hydrogen-bond donors (Lipinski definition) is 1. The zero-order valence-electron chi connectivity index (χ0n) is 11.5. The van der Waals surface area contributed by atoms with E-state index in [1.165, 1.54) is 16.7 Å². The Morgan fingerprint density at radius 2 is 2.05 bits per heavy atom. The third-order valence-corrected chi connectivity index (χ3v) is 3.27. The topological polar surface area (TPSA) is 55.1 Å². The van der Waals surface area contributed by atoms with Crippen molar-refractivity contribution in [2.75, 3.05) is 0 Å². The van der Waals surface area contributed by atoms with Crippen LogP contribution in [0.2, 0.25) is 0 Å². The van der Waals surface area contributed by atoms with E-state index >= 15 is 0 Å². The van der Waals surface area contributed by atoms with Gasteiger partial charge in [-0.3, -0.25) is 4.68 Å². The van der Waals surface area contributed by atoms with E-state index in [-0.39, 0.29) is 5.69 Å². The van der Waals surface area contributed by atoms with Crippen LogP contribution in [0.1, 0.15) is 39.8 Å². The van der Waals surface area contributed by atoms with Gasteiger partial charge in [0, 0.05) is 5.69 Å². The Balaban J connectivity index is 2.37. The molecule has 2 rings (SSSR count). The summed E-state index contributed by atoms with van der Waals surface area (Å²) in [7, 11) is 0. The summed E-state index contributed by atoms with van der Waals surface area (Å²) in [6.07, 6.45) is 0.769. The number of aromatic carboxylic acids is 1. The van der Waals surface area contributed by atoms with Crippen LogP contribution in [0.3, 0.4) is 0 Å². The Morgan fingerprint density at radius 3 is 2.68 bits per heavy atom. The van der Waals surface area contributed by atoms with Gasteiger partial charge in [-0.25, -0.2) is 4.79 Å². The van der Waals surface area contributed by atoms with Crippen molar-refractivity contribution in [2.45, 2.75) is 33.7 Å². The van der Waals surface area contributed by atoms with Crippen molar-refractivity contribution in [3.63, 3.8) is 0 Å². The molecule has 1 N–H and O–H groups in total. The summed E-state index contributed by atoms with van der Waals surface area (Å²) in [5.74, 6) is -0.977. The maximum atomic E-state index is 11.0. The van der Waals surface area contributed by atoms with E-state index in [0.717, 1.165) is 12.1 Å². The van der Waals surface area contributed by atoms with Crippen LogP contribution in [0.15, 0.2) is 24.3 Å². The molecule has 0 saturated heterocycles. The highest BCUT2D eigenvalue weighted by Crippen LogP contribution is 2.14. The van der Waals surface area contributed by atoms with Crippen molar-refractivity contribution >= 4 is 5.97 Å². The second-order valence-electron chi connectivity index (χ2n) is 4.77. The molecule has 4 nitrogen and oxygen atoms in total. The molecule has 0 aliphatic rings. The summed E-state index contributed by atoms with van der Waals surface area (Å²) < 4.78 is 1.78. The minimum atomic E-state index is -0.977. The number of carboxylic acids is 1. The van der Waals surface area contributed by atoms with Crippen LogP contribution in [-0.4, -0.2) is 20.9 Å². The first-order chi connectivity index (χ1) is 9.01. The fourth-order valence-electron chi connectivity index (χ4n) is 2.11. The van der Waals surface area contributed by atoms with Crippen LogP contribution < -0.4 is 0 Å². The Labute approximate surface area is 112 Å². The zero-order valence-corrected chi connectivity index (χ0v) is 11.5. The standard InChI is InChI=1S/C15H18N2O2/c1-4-13-8-14(15(18)19)16-17(13)9-12-7-10(2)5-6-11(12)3/h5-8H,4,9H2,1-3H3,(H,18,19). The van der Waals surface area contributed by atoms with Crippen molar-refractivity contribution in [1.82, 2.24) is 9.78 Å². The lowest BCUT2D eigenvalue weighted by molar-refractivity contribution is 0.0689. The number of benzene rings is 1. The average Bonchev–Trinajstić information content (AvgIpc) is 2.77. The smallest absolute Gasteiger partial charge is 0.356 e. The minimum absolute atomic E-state index is 0.113. The number of nitrogens with zero attached hydrogens (tertiary/aromatic N) is 2. The predicted octanol–water partition coefficient (Wildman–Crippen LogP) is 2.81. The monoisotopic (exact) mass is 258 g/mol. The largest absolute Gasteiger partial charge is 0.476 e. The van der Waals surface area contributed by atoms with Crippen LogP contribution in [0.5, 0.6) is 0 Å². The summed E-state index contributed by atoms with van der Waals surface area (Å²) in [5, 5.41) is 13.2. The molecule has 0 saturated carbocycles. The predicted molar refractivity (Wildman–Crippen MR) is 73.6 cm³/mol. The number of hydrogen-bond acceptors (Lipinski definition) is 2. The summed E-state index contributed by atoms with van der Waals surface area (Å²) in [6, 6.07) is 7.92. The van der Waals surface area contributed by atoms with E-state index in [9.17, 15) is 4.79 Å². The van der Waals surface area contributed by atoms with Crippen molar-refractivity contribution in [3.8, 4) is 0 Å². The number of carboxylic acid groups (broad SMARTS) is 1. The molecule has 0 aliphatic carbocycles. The van der Waals surface area contributed by atoms with Crippen LogP contribution in [0, 0.1) is 13.8 Å². The van der Waals surface area contributed by atoms with E-state index in [1.54, 1.807) is 10.7 Å². The Hall–Kier alpha value is -2.10. The van der Waals surface area contributed by atoms with Crippen LogP contribution in [-0.2, 0) is 13.0 Å². The van der Waals surface area contributed by atoms with Crippen LogP contribution in [0.25, 0.3) is 0 Å².